The van der Waals surface area contributed by atoms with E-state index in [4.69, 9.17) is 14.9 Å². The predicted molar refractivity (Wildman–Crippen MR) is 64.7 cm³/mol. The molecule has 0 aromatic rings. The lowest BCUT2D eigenvalue weighted by Crippen LogP contribution is -2.49. The van der Waals surface area contributed by atoms with Crippen LogP contribution in [-0.4, -0.2) is 74.4 Å². The third kappa shape index (κ3) is 5.52. The molecule has 0 aliphatic heterocycles. The molecule has 0 unspecified atom stereocenters. The fraction of sp³-hybridized carbons (Fsp3) is 1.00. The first-order valence-corrected chi connectivity index (χ1v) is 6.60. The molecule has 5 N–H and O–H groups in total. The monoisotopic (exact) mass is 270 g/mol. The highest BCUT2D eigenvalue weighted by Crippen LogP contribution is 2.20. The Morgan fingerprint density at radius 1 is 1.00 bits per heavy atom. The number of ether oxygens (including phenoxy) is 1. The summed E-state index contributed by atoms with van der Waals surface area (Å²) in [5.41, 5.74) is -0.680. The molecular weight excluding hydrogens is 248 g/mol. The van der Waals surface area contributed by atoms with Gasteiger partial charge in [-0.15, -0.1) is 11.8 Å². The highest BCUT2D eigenvalue weighted by Gasteiger charge is 2.35. The van der Waals surface area contributed by atoms with Gasteiger partial charge in [-0.25, -0.2) is 0 Å². The van der Waals surface area contributed by atoms with Crippen LogP contribution < -0.4 is 0 Å². The van der Waals surface area contributed by atoms with E-state index in [2.05, 4.69) is 0 Å². The molecule has 0 rings (SSSR count). The molecule has 0 bridgehead atoms. The maximum absolute atomic E-state index is 9.81. The molecule has 7 heteroatoms. The molecule has 0 aromatic carbocycles. The lowest BCUT2D eigenvalue weighted by atomic mass is 10.0. The van der Waals surface area contributed by atoms with Gasteiger partial charge in [0, 0.05) is 6.61 Å². The van der Waals surface area contributed by atoms with E-state index in [1.54, 1.807) is 6.92 Å². The van der Waals surface area contributed by atoms with E-state index in [0.29, 0.717) is 12.4 Å². The van der Waals surface area contributed by atoms with Crippen molar-refractivity contribution in [3.63, 3.8) is 0 Å². The van der Waals surface area contributed by atoms with Crippen LogP contribution >= 0.6 is 11.8 Å². The number of aliphatic hydroxyl groups excluding tert-OH is 5. The van der Waals surface area contributed by atoms with Crippen LogP contribution in [0.3, 0.4) is 0 Å². The van der Waals surface area contributed by atoms with Crippen LogP contribution in [0.4, 0.5) is 0 Å². The van der Waals surface area contributed by atoms with Crippen molar-refractivity contribution in [3.05, 3.63) is 0 Å². The topological polar surface area (TPSA) is 110 Å². The van der Waals surface area contributed by atoms with Crippen LogP contribution in [0.1, 0.15) is 13.8 Å². The second-order valence-electron chi connectivity index (χ2n) is 3.50. The zero-order chi connectivity index (χ0) is 13.4. The van der Waals surface area contributed by atoms with Crippen LogP contribution in [0.2, 0.25) is 0 Å². The van der Waals surface area contributed by atoms with Gasteiger partial charge in [0.1, 0.15) is 29.9 Å². The summed E-state index contributed by atoms with van der Waals surface area (Å²) in [6.45, 7) is 3.29. The summed E-state index contributed by atoms with van der Waals surface area (Å²) in [7, 11) is 0. The predicted octanol–water partition coefficient (Wildman–Crippen LogP) is -1.46. The summed E-state index contributed by atoms with van der Waals surface area (Å²) in [4.78, 5) is 0. The highest BCUT2D eigenvalue weighted by atomic mass is 32.2. The number of hydrogen-bond donors (Lipinski definition) is 5. The molecular formula is C10H22O6S. The zero-order valence-corrected chi connectivity index (χ0v) is 10.9. The summed E-state index contributed by atoms with van der Waals surface area (Å²) < 4.78 is 5.23. The zero-order valence-electron chi connectivity index (χ0n) is 10.1. The van der Waals surface area contributed by atoms with E-state index >= 15 is 0 Å². The van der Waals surface area contributed by atoms with Crippen LogP contribution in [0.5, 0.6) is 0 Å². The molecule has 0 aliphatic carbocycles. The van der Waals surface area contributed by atoms with Crippen molar-refractivity contribution < 1.29 is 30.3 Å². The van der Waals surface area contributed by atoms with Crippen LogP contribution in [0, 0.1) is 0 Å². The van der Waals surface area contributed by atoms with Crippen LogP contribution in [0.15, 0.2) is 0 Å². The summed E-state index contributed by atoms with van der Waals surface area (Å²) in [6, 6.07) is 0. The third-order valence-electron chi connectivity index (χ3n) is 2.22. The van der Waals surface area contributed by atoms with Crippen molar-refractivity contribution in [2.24, 2.45) is 0 Å². The molecule has 17 heavy (non-hydrogen) atoms. The van der Waals surface area contributed by atoms with Crippen LogP contribution in [0.25, 0.3) is 0 Å². The van der Waals surface area contributed by atoms with Gasteiger partial charge in [0.25, 0.3) is 0 Å². The van der Waals surface area contributed by atoms with E-state index in [1.807, 2.05) is 6.92 Å². The summed E-state index contributed by atoms with van der Waals surface area (Å²) in [5, 5.41) is 46.7. The second-order valence-corrected chi connectivity index (χ2v) is 4.88. The maximum Gasteiger partial charge on any atom is 0.131 e. The van der Waals surface area contributed by atoms with E-state index in [-0.39, 0.29) is 0 Å². The maximum atomic E-state index is 9.81. The largest absolute Gasteiger partial charge is 0.394 e. The molecule has 6 nitrogen and oxygen atoms in total. The minimum Gasteiger partial charge on any atom is -0.394 e. The van der Waals surface area contributed by atoms with Crippen molar-refractivity contribution >= 4 is 11.8 Å². The van der Waals surface area contributed by atoms with E-state index < -0.39 is 36.5 Å². The number of thioether (sulfide) groups is 1. The van der Waals surface area contributed by atoms with Gasteiger partial charge in [-0.05, 0) is 12.7 Å². The molecule has 0 saturated heterocycles. The Labute approximate surface area is 105 Å². The lowest BCUT2D eigenvalue weighted by molar-refractivity contribution is -0.134. The van der Waals surface area contributed by atoms with Crippen molar-refractivity contribution in [3.8, 4) is 0 Å². The quantitative estimate of drug-likeness (QED) is 0.326. The Kier molecular flexibility index (Phi) is 9.15. The van der Waals surface area contributed by atoms with Gasteiger partial charge < -0.3 is 30.3 Å². The van der Waals surface area contributed by atoms with Crippen molar-refractivity contribution in [2.45, 2.75) is 43.7 Å². The van der Waals surface area contributed by atoms with Crippen LogP contribution in [-0.2, 0) is 4.74 Å². The minimum atomic E-state index is -1.62. The third-order valence-corrected chi connectivity index (χ3v) is 3.30. The summed E-state index contributed by atoms with van der Waals surface area (Å²) in [5.74, 6) is 0.674. The number of hydrogen-bond acceptors (Lipinski definition) is 7. The molecule has 0 fully saturated rings. The first-order valence-electron chi connectivity index (χ1n) is 5.55. The van der Waals surface area contributed by atoms with Gasteiger partial charge >= 0.3 is 0 Å². The molecule has 0 spiro atoms. The molecule has 0 aromatic heterocycles. The standard InChI is InChI=1S/C10H22O6S/c1-3-16-10(17-4-2)9(15)8(14)7(13)6(12)5-11/h6-15H,3-5H2,1-2H3/t6-,7-,8-,9-,10-/m1/s1. The smallest absolute Gasteiger partial charge is 0.131 e. The Balaban J connectivity index is 4.46. The van der Waals surface area contributed by atoms with E-state index in [9.17, 15) is 15.3 Å². The number of aliphatic hydroxyl groups is 5. The Hall–Kier alpha value is 0.110. The lowest BCUT2D eigenvalue weighted by Gasteiger charge is -2.30. The molecule has 0 saturated carbocycles. The van der Waals surface area contributed by atoms with Crippen molar-refractivity contribution in [1.29, 1.82) is 0 Å². The van der Waals surface area contributed by atoms with E-state index in [1.165, 1.54) is 11.8 Å². The summed E-state index contributed by atoms with van der Waals surface area (Å²) in [6.07, 6.45) is -6.02. The summed E-state index contributed by atoms with van der Waals surface area (Å²) >= 11 is 1.29. The van der Waals surface area contributed by atoms with Gasteiger partial charge in [0.2, 0.25) is 0 Å². The molecule has 104 valence electrons. The Bertz CT molecular complexity index is 188. The average Bonchev–Trinajstić information content (AvgIpc) is 2.34. The van der Waals surface area contributed by atoms with E-state index in [0.717, 1.165) is 0 Å². The molecule has 0 amide bonds. The van der Waals surface area contributed by atoms with Gasteiger partial charge in [0.05, 0.1) is 6.61 Å². The molecule has 0 aliphatic rings. The normalized spacial score (nSPS) is 20.6. The fourth-order valence-electron chi connectivity index (χ4n) is 1.27. The molecule has 0 radical (unpaired) electrons. The first kappa shape index (κ1) is 17.1. The van der Waals surface area contributed by atoms with Gasteiger partial charge in [-0.3, -0.25) is 0 Å². The minimum absolute atomic E-state index is 0.361. The van der Waals surface area contributed by atoms with Gasteiger partial charge in [0.15, 0.2) is 0 Å². The van der Waals surface area contributed by atoms with Crippen molar-refractivity contribution in [2.75, 3.05) is 19.0 Å². The SMILES string of the molecule is CCO[C@H](SCC)[C@H](O)[C@H](O)[C@H](O)[C@H](O)CO. The fourth-order valence-corrected chi connectivity index (χ4v) is 2.19. The van der Waals surface area contributed by atoms with Crippen molar-refractivity contribution in [1.82, 2.24) is 0 Å². The average molecular weight is 270 g/mol. The van der Waals surface area contributed by atoms with Gasteiger partial charge in [-0.1, -0.05) is 6.92 Å². The first-order chi connectivity index (χ1) is 7.99. The second kappa shape index (κ2) is 9.09. The Morgan fingerprint density at radius 2 is 1.59 bits per heavy atom. The number of rotatable bonds is 9. The molecule has 0 heterocycles. The molecule has 5 atom stereocenters. The van der Waals surface area contributed by atoms with Gasteiger partial charge in [-0.2, -0.15) is 0 Å². The highest BCUT2D eigenvalue weighted by molar-refractivity contribution is 7.99. The Morgan fingerprint density at radius 3 is 2.00 bits per heavy atom.